The van der Waals surface area contributed by atoms with Crippen LogP contribution >= 0.6 is 0 Å². The average molecular weight is 374 g/mol. The molecule has 1 aliphatic heterocycles. The number of hydrogen-bond donors (Lipinski definition) is 1. The van der Waals surface area contributed by atoms with Gasteiger partial charge < -0.3 is 14.6 Å². The van der Waals surface area contributed by atoms with Crippen molar-refractivity contribution in [3.63, 3.8) is 0 Å². The molecule has 2 aromatic rings. The second kappa shape index (κ2) is 8.27. The Morgan fingerprint density at radius 1 is 1.22 bits per heavy atom. The quantitative estimate of drug-likeness (QED) is 0.841. The van der Waals surface area contributed by atoms with Gasteiger partial charge in [0.1, 0.15) is 5.76 Å². The molecular formula is C20H30N4O3. The zero-order chi connectivity index (χ0) is 19.6. The first-order chi connectivity index (χ1) is 12.9. The highest BCUT2D eigenvalue weighted by molar-refractivity contribution is 5.95. The molecule has 7 nitrogen and oxygen atoms in total. The zero-order valence-corrected chi connectivity index (χ0v) is 16.9. The van der Waals surface area contributed by atoms with Crippen LogP contribution in [0.25, 0.3) is 5.82 Å². The van der Waals surface area contributed by atoms with E-state index in [-0.39, 0.29) is 5.91 Å². The summed E-state index contributed by atoms with van der Waals surface area (Å²) in [6.45, 7) is 14.1. The Bertz CT molecular complexity index is 787. The van der Waals surface area contributed by atoms with Crippen LogP contribution in [0, 0.1) is 26.7 Å². The first-order valence-corrected chi connectivity index (χ1v) is 9.61. The van der Waals surface area contributed by atoms with Crippen LogP contribution in [0.1, 0.15) is 41.4 Å². The number of hydrogen-bond acceptors (Lipinski definition) is 5. The van der Waals surface area contributed by atoms with E-state index in [1.165, 1.54) is 0 Å². The molecule has 0 aliphatic carbocycles. The Kier molecular flexibility index (Phi) is 6.01. The number of nitrogens with one attached hydrogen (secondary N) is 1. The summed E-state index contributed by atoms with van der Waals surface area (Å²) in [5.74, 6) is 1.85. The van der Waals surface area contributed by atoms with Gasteiger partial charge >= 0.3 is 0 Å². The van der Waals surface area contributed by atoms with Crippen LogP contribution < -0.4 is 5.32 Å². The van der Waals surface area contributed by atoms with Crippen LogP contribution in [0.4, 0.5) is 0 Å². The molecule has 0 spiro atoms. The van der Waals surface area contributed by atoms with E-state index in [4.69, 9.17) is 9.26 Å². The van der Waals surface area contributed by atoms with E-state index in [0.717, 1.165) is 43.5 Å². The summed E-state index contributed by atoms with van der Waals surface area (Å²) in [5, 5.41) is 7.21. The predicted octanol–water partition coefficient (Wildman–Crippen LogP) is 2.48. The largest absolute Gasteiger partial charge is 0.379 e. The van der Waals surface area contributed by atoms with Gasteiger partial charge in [-0.1, -0.05) is 19.0 Å². The summed E-state index contributed by atoms with van der Waals surface area (Å²) in [6, 6.07) is 4.09. The highest BCUT2D eigenvalue weighted by Crippen LogP contribution is 2.21. The van der Waals surface area contributed by atoms with Gasteiger partial charge in [-0.05, 0) is 32.8 Å². The standard InChI is InChI=1S/C20H30N4O3/c1-13(2)18(23-6-8-26-9-7-23)12-21-20(25)17-10-14(3)24(16(17)5)19-11-15(4)27-22-19/h10-11,13,18H,6-9,12H2,1-5H3,(H,21,25). The number of aryl methyl sites for hydroxylation is 2. The second-order valence-electron chi connectivity index (χ2n) is 7.59. The van der Waals surface area contributed by atoms with Gasteiger partial charge in [0.05, 0.1) is 18.8 Å². The summed E-state index contributed by atoms with van der Waals surface area (Å²) < 4.78 is 12.6. The van der Waals surface area contributed by atoms with Crippen LogP contribution in [0.3, 0.4) is 0 Å². The van der Waals surface area contributed by atoms with Crippen LogP contribution in [0.15, 0.2) is 16.7 Å². The van der Waals surface area contributed by atoms with Crippen molar-refractivity contribution in [3.05, 3.63) is 34.8 Å². The van der Waals surface area contributed by atoms with Gasteiger partial charge in [-0.25, -0.2) is 0 Å². The lowest BCUT2D eigenvalue weighted by Crippen LogP contribution is -2.51. The summed E-state index contributed by atoms with van der Waals surface area (Å²) in [5.41, 5.74) is 2.50. The van der Waals surface area contributed by atoms with Gasteiger partial charge in [0.25, 0.3) is 5.91 Å². The number of rotatable bonds is 6. The van der Waals surface area contributed by atoms with E-state index in [2.05, 4.69) is 29.2 Å². The van der Waals surface area contributed by atoms with Crippen LogP contribution in [0.2, 0.25) is 0 Å². The highest BCUT2D eigenvalue weighted by Gasteiger charge is 2.25. The molecule has 0 saturated carbocycles. The average Bonchev–Trinajstić information content (AvgIpc) is 3.18. The molecule has 3 heterocycles. The number of aromatic nitrogens is 2. The Balaban J connectivity index is 1.72. The van der Waals surface area contributed by atoms with Crippen LogP contribution in [-0.2, 0) is 4.74 Å². The zero-order valence-electron chi connectivity index (χ0n) is 16.9. The maximum atomic E-state index is 12.9. The van der Waals surface area contributed by atoms with E-state index in [1.807, 2.05) is 37.5 Å². The molecule has 3 rings (SSSR count). The van der Waals surface area contributed by atoms with Crippen LogP contribution in [0.5, 0.6) is 0 Å². The monoisotopic (exact) mass is 374 g/mol. The lowest BCUT2D eigenvalue weighted by atomic mass is 10.0. The lowest BCUT2D eigenvalue weighted by Gasteiger charge is -2.36. The molecule has 1 amide bonds. The van der Waals surface area contributed by atoms with Crippen LogP contribution in [-0.4, -0.2) is 59.4 Å². The molecule has 1 N–H and O–H groups in total. The summed E-state index contributed by atoms with van der Waals surface area (Å²) in [6.07, 6.45) is 0. The van der Waals surface area contributed by atoms with E-state index in [1.54, 1.807) is 0 Å². The first-order valence-electron chi connectivity index (χ1n) is 9.61. The summed E-state index contributed by atoms with van der Waals surface area (Å²) in [7, 11) is 0. The molecule has 1 atom stereocenters. The van der Waals surface area contributed by atoms with Crippen molar-refractivity contribution in [2.75, 3.05) is 32.8 Å². The van der Waals surface area contributed by atoms with Gasteiger partial charge in [0.15, 0.2) is 5.82 Å². The minimum absolute atomic E-state index is 0.0477. The van der Waals surface area contributed by atoms with Crippen molar-refractivity contribution >= 4 is 5.91 Å². The van der Waals surface area contributed by atoms with Gasteiger partial charge in [-0.2, -0.15) is 0 Å². The highest BCUT2D eigenvalue weighted by atomic mass is 16.5. The molecule has 1 saturated heterocycles. The maximum absolute atomic E-state index is 12.9. The molecule has 27 heavy (non-hydrogen) atoms. The number of ether oxygens (including phenoxy) is 1. The lowest BCUT2D eigenvalue weighted by molar-refractivity contribution is 0.00672. The molecule has 2 aromatic heterocycles. The summed E-state index contributed by atoms with van der Waals surface area (Å²) in [4.78, 5) is 15.3. The molecule has 1 aliphatic rings. The fraction of sp³-hybridized carbons (Fsp3) is 0.600. The van der Waals surface area contributed by atoms with E-state index >= 15 is 0 Å². The SMILES string of the molecule is Cc1cc(-n2c(C)cc(C(=O)NCC(C(C)C)N3CCOCC3)c2C)no1. The van der Waals surface area contributed by atoms with Crippen molar-refractivity contribution < 1.29 is 14.1 Å². The third-order valence-electron chi connectivity index (χ3n) is 5.28. The molecule has 1 unspecified atom stereocenters. The molecule has 7 heteroatoms. The minimum atomic E-state index is -0.0477. The third kappa shape index (κ3) is 4.25. The smallest absolute Gasteiger partial charge is 0.253 e. The number of carbonyl (C=O) groups excluding carboxylic acids is 1. The predicted molar refractivity (Wildman–Crippen MR) is 103 cm³/mol. The van der Waals surface area contributed by atoms with Gasteiger partial charge in [-0.3, -0.25) is 14.3 Å². The van der Waals surface area contributed by atoms with E-state index in [9.17, 15) is 4.79 Å². The Morgan fingerprint density at radius 3 is 2.52 bits per heavy atom. The number of nitrogens with zero attached hydrogens (tertiary/aromatic N) is 3. The molecule has 0 aromatic carbocycles. The van der Waals surface area contributed by atoms with Crippen molar-refractivity contribution in [1.29, 1.82) is 0 Å². The molecular weight excluding hydrogens is 344 g/mol. The fourth-order valence-corrected chi connectivity index (χ4v) is 3.79. The maximum Gasteiger partial charge on any atom is 0.253 e. The summed E-state index contributed by atoms with van der Waals surface area (Å²) >= 11 is 0. The number of carbonyl (C=O) groups is 1. The van der Waals surface area contributed by atoms with Crippen molar-refractivity contribution in [1.82, 2.24) is 19.9 Å². The molecule has 0 bridgehead atoms. The minimum Gasteiger partial charge on any atom is -0.379 e. The topological polar surface area (TPSA) is 72.5 Å². The first kappa shape index (κ1) is 19.6. The number of amides is 1. The Hall–Kier alpha value is -2.12. The Labute approximate surface area is 160 Å². The van der Waals surface area contributed by atoms with E-state index < -0.39 is 0 Å². The van der Waals surface area contributed by atoms with Gasteiger partial charge in [0, 0.05) is 43.1 Å². The third-order valence-corrected chi connectivity index (χ3v) is 5.28. The van der Waals surface area contributed by atoms with Crippen molar-refractivity contribution in [3.8, 4) is 5.82 Å². The van der Waals surface area contributed by atoms with Gasteiger partial charge in [0.2, 0.25) is 0 Å². The fourth-order valence-electron chi connectivity index (χ4n) is 3.79. The molecule has 1 fully saturated rings. The number of morpholine rings is 1. The second-order valence-corrected chi connectivity index (χ2v) is 7.59. The van der Waals surface area contributed by atoms with Gasteiger partial charge in [-0.15, -0.1) is 0 Å². The molecule has 0 radical (unpaired) electrons. The normalized spacial score (nSPS) is 16.7. The van der Waals surface area contributed by atoms with E-state index in [0.29, 0.717) is 29.9 Å². The molecule has 148 valence electrons. The van der Waals surface area contributed by atoms with Crippen molar-refractivity contribution in [2.45, 2.75) is 40.7 Å². The Morgan fingerprint density at radius 2 is 1.93 bits per heavy atom. The van der Waals surface area contributed by atoms with Crippen molar-refractivity contribution in [2.24, 2.45) is 5.92 Å².